The molecule has 0 saturated carbocycles. The first-order valence-electron chi connectivity index (χ1n) is 8.12. The van der Waals surface area contributed by atoms with Crippen LogP contribution in [0.2, 0.25) is 0 Å². The van der Waals surface area contributed by atoms with Gasteiger partial charge in [-0.25, -0.2) is 4.79 Å². The van der Waals surface area contributed by atoms with Crippen molar-refractivity contribution in [2.75, 3.05) is 11.9 Å². The highest BCUT2D eigenvalue weighted by atomic mass is 16.5. The van der Waals surface area contributed by atoms with Gasteiger partial charge in [-0.3, -0.25) is 4.79 Å². The summed E-state index contributed by atoms with van der Waals surface area (Å²) in [6, 6.07) is 14.1. The zero-order chi connectivity index (χ0) is 17.8. The van der Waals surface area contributed by atoms with E-state index in [0.29, 0.717) is 24.3 Å². The van der Waals surface area contributed by atoms with E-state index < -0.39 is 12.2 Å². The van der Waals surface area contributed by atoms with Gasteiger partial charge in [-0.1, -0.05) is 24.3 Å². The van der Waals surface area contributed by atoms with Gasteiger partial charge in [0.2, 0.25) is 5.78 Å². The summed E-state index contributed by atoms with van der Waals surface area (Å²) in [5, 5.41) is 12.0. The molecule has 1 unspecified atom stereocenters. The molecule has 0 amide bonds. The fourth-order valence-corrected chi connectivity index (χ4v) is 2.82. The quantitative estimate of drug-likeness (QED) is 0.758. The normalized spacial score (nSPS) is 13.7. The minimum absolute atomic E-state index is 0.111. The van der Waals surface area contributed by atoms with Gasteiger partial charge in [0.25, 0.3) is 0 Å². The third-order valence-electron chi connectivity index (χ3n) is 4.08. The highest BCUT2D eigenvalue weighted by Gasteiger charge is 2.26. The van der Waals surface area contributed by atoms with E-state index in [1.54, 1.807) is 12.1 Å². The number of benzene rings is 2. The van der Waals surface area contributed by atoms with E-state index in [9.17, 15) is 9.59 Å². The molecule has 0 saturated heterocycles. The van der Waals surface area contributed by atoms with Crippen LogP contribution in [0, 0.1) is 0 Å². The van der Waals surface area contributed by atoms with Crippen molar-refractivity contribution < 1.29 is 19.4 Å². The molecule has 0 fully saturated rings. The van der Waals surface area contributed by atoms with Gasteiger partial charge in [-0.05, 0) is 48.4 Å². The van der Waals surface area contributed by atoms with Crippen LogP contribution >= 0.6 is 0 Å². The third-order valence-corrected chi connectivity index (χ3v) is 4.08. The van der Waals surface area contributed by atoms with Gasteiger partial charge in [0.15, 0.2) is 6.23 Å². The molecule has 0 bridgehead atoms. The number of anilines is 1. The molecule has 0 heterocycles. The summed E-state index contributed by atoms with van der Waals surface area (Å²) in [7, 11) is 0. The van der Waals surface area contributed by atoms with Crippen LogP contribution < -0.4 is 5.32 Å². The molecule has 2 aromatic carbocycles. The number of fused-ring (bicyclic) bond motifs is 1. The minimum atomic E-state index is -0.988. The molecule has 0 aliphatic heterocycles. The van der Waals surface area contributed by atoms with E-state index >= 15 is 0 Å². The molecule has 1 aliphatic carbocycles. The number of Topliss-reactive ketones (excluding diaryl/α,β-unsaturated/α-hetero) is 1. The second-order valence-electron chi connectivity index (χ2n) is 5.77. The van der Waals surface area contributed by atoms with E-state index in [1.807, 2.05) is 37.3 Å². The monoisotopic (exact) mass is 337 g/mol. The van der Waals surface area contributed by atoms with Gasteiger partial charge in [-0.15, -0.1) is 0 Å². The van der Waals surface area contributed by atoms with Crippen LogP contribution in [0.4, 0.5) is 5.69 Å². The molecule has 128 valence electrons. The van der Waals surface area contributed by atoms with Gasteiger partial charge in [-0.2, -0.15) is 0 Å². The largest absolute Gasteiger partial charge is 0.478 e. The van der Waals surface area contributed by atoms with Gasteiger partial charge in [0.1, 0.15) is 0 Å². The van der Waals surface area contributed by atoms with Crippen molar-refractivity contribution in [1.82, 2.24) is 0 Å². The van der Waals surface area contributed by atoms with Crippen LogP contribution in [-0.2, 0) is 16.0 Å². The first-order chi connectivity index (χ1) is 12.1. The minimum Gasteiger partial charge on any atom is -0.478 e. The van der Waals surface area contributed by atoms with Crippen LogP contribution in [0.3, 0.4) is 0 Å². The Hall–Kier alpha value is -2.92. The maximum Gasteiger partial charge on any atom is 0.335 e. The summed E-state index contributed by atoms with van der Waals surface area (Å²) in [6.07, 6.45) is 1.69. The SMILES string of the molecule is CCOC(Nc1ccc(C(=O)O)cc1)C(=O)C1=Cc2ccccc2C1. The second kappa shape index (κ2) is 7.32. The number of ether oxygens (including phenoxy) is 1. The number of hydrogen-bond donors (Lipinski definition) is 2. The molecular formula is C20H19NO4. The van der Waals surface area contributed by atoms with E-state index in [4.69, 9.17) is 9.84 Å². The fraction of sp³-hybridized carbons (Fsp3) is 0.200. The Kier molecular flexibility index (Phi) is 4.95. The molecule has 25 heavy (non-hydrogen) atoms. The number of ketones is 1. The summed E-state index contributed by atoms with van der Waals surface area (Å²) < 4.78 is 5.58. The molecule has 1 atom stereocenters. The lowest BCUT2D eigenvalue weighted by Gasteiger charge is -2.19. The Morgan fingerprint density at radius 3 is 2.52 bits per heavy atom. The molecule has 2 N–H and O–H groups in total. The molecule has 5 nitrogen and oxygen atoms in total. The average molecular weight is 337 g/mol. The fourth-order valence-electron chi connectivity index (χ4n) is 2.82. The maximum absolute atomic E-state index is 12.8. The molecular weight excluding hydrogens is 318 g/mol. The highest BCUT2D eigenvalue weighted by molar-refractivity contribution is 6.05. The Morgan fingerprint density at radius 2 is 1.88 bits per heavy atom. The number of aromatic carboxylic acids is 1. The molecule has 1 aliphatic rings. The predicted molar refractivity (Wildman–Crippen MR) is 95.6 cm³/mol. The van der Waals surface area contributed by atoms with Crippen molar-refractivity contribution in [1.29, 1.82) is 0 Å². The van der Waals surface area contributed by atoms with Crippen molar-refractivity contribution in [3.05, 3.63) is 70.8 Å². The second-order valence-corrected chi connectivity index (χ2v) is 5.77. The molecule has 0 spiro atoms. The summed E-state index contributed by atoms with van der Waals surface area (Å²) >= 11 is 0. The lowest BCUT2D eigenvalue weighted by atomic mass is 10.1. The Balaban J connectivity index is 1.75. The number of hydrogen-bond acceptors (Lipinski definition) is 4. The van der Waals surface area contributed by atoms with Gasteiger partial charge in [0.05, 0.1) is 5.56 Å². The van der Waals surface area contributed by atoms with Crippen LogP contribution in [0.25, 0.3) is 6.08 Å². The molecule has 5 heteroatoms. The van der Waals surface area contributed by atoms with Gasteiger partial charge < -0.3 is 15.2 Å². The summed E-state index contributed by atoms with van der Waals surface area (Å²) in [4.78, 5) is 23.8. The average Bonchev–Trinajstić information content (AvgIpc) is 3.05. The van der Waals surface area contributed by atoms with Crippen molar-refractivity contribution in [3.8, 4) is 0 Å². The Labute approximate surface area is 145 Å². The number of carbonyl (C=O) groups excluding carboxylic acids is 1. The lowest BCUT2D eigenvalue weighted by Crippen LogP contribution is -2.33. The van der Waals surface area contributed by atoms with Crippen LogP contribution in [0.1, 0.15) is 28.4 Å². The standard InChI is InChI=1S/C20H19NO4/c1-2-25-19(21-17-9-7-13(8-10-17)20(23)24)18(22)16-11-14-5-3-4-6-15(14)12-16/h3-11,19,21H,2,12H2,1H3,(H,23,24). The third kappa shape index (κ3) is 3.78. The summed E-state index contributed by atoms with van der Waals surface area (Å²) in [5.74, 6) is -1.10. The van der Waals surface area contributed by atoms with E-state index in [2.05, 4.69) is 5.32 Å². The predicted octanol–water partition coefficient (Wildman–Crippen LogP) is 3.37. The van der Waals surface area contributed by atoms with Gasteiger partial charge in [0, 0.05) is 24.3 Å². The zero-order valence-corrected chi connectivity index (χ0v) is 13.9. The van der Waals surface area contributed by atoms with Gasteiger partial charge >= 0.3 is 5.97 Å². The van der Waals surface area contributed by atoms with Crippen LogP contribution in [0.15, 0.2) is 54.1 Å². The number of carboxylic acids is 1. The first kappa shape index (κ1) is 16.9. The van der Waals surface area contributed by atoms with E-state index in [-0.39, 0.29) is 11.3 Å². The van der Waals surface area contributed by atoms with E-state index in [0.717, 1.165) is 11.1 Å². The highest BCUT2D eigenvalue weighted by Crippen LogP contribution is 2.26. The van der Waals surface area contributed by atoms with Crippen LogP contribution in [0.5, 0.6) is 0 Å². The number of rotatable bonds is 7. The topological polar surface area (TPSA) is 75.6 Å². The summed E-state index contributed by atoms with van der Waals surface area (Å²) in [5.41, 5.74) is 3.72. The summed E-state index contributed by atoms with van der Waals surface area (Å²) in [6.45, 7) is 2.21. The Bertz CT molecular complexity index is 824. The lowest BCUT2D eigenvalue weighted by molar-refractivity contribution is -0.124. The molecule has 3 rings (SSSR count). The molecule has 2 aromatic rings. The van der Waals surface area contributed by atoms with Crippen molar-refractivity contribution in [2.24, 2.45) is 0 Å². The zero-order valence-electron chi connectivity index (χ0n) is 13.9. The van der Waals surface area contributed by atoms with Crippen molar-refractivity contribution >= 4 is 23.5 Å². The number of carboxylic acid groups (broad SMARTS) is 1. The van der Waals surface area contributed by atoms with Crippen LogP contribution in [-0.4, -0.2) is 29.7 Å². The molecule has 0 aromatic heterocycles. The van der Waals surface area contributed by atoms with E-state index in [1.165, 1.54) is 12.1 Å². The smallest absolute Gasteiger partial charge is 0.335 e. The molecule has 0 radical (unpaired) electrons. The van der Waals surface area contributed by atoms with Crippen molar-refractivity contribution in [3.63, 3.8) is 0 Å². The first-order valence-corrected chi connectivity index (χ1v) is 8.12. The number of nitrogens with one attached hydrogen (secondary N) is 1. The van der Waals surface area contributed by atoms with Crippen molar-refractivity contribution in [2.45, 2.75) is 19.6 Å². The number of carbonyl (C=O) groups is 2. The Morgan fingerprint density at radius 1 is 1.16 bits per heavy atom. The maximum atomic E-state index is 12.8.